The van der Waals surface area contributed by atoms with Crippen LogP contribution in [0.1, 0.15) is 39.5 Å². The van der Waals surface area contributed by atoms with Crippen molar-refractivity contribution >= 4 is 0 Å². The van der Waals surface area contributed by atoms with E-state index in [0.717, 1.165) is 6.42 Å². The van der Waals surface area contributed by atoms with E-state index in [-0.39, 0.29) is 11.6 Å². The van der Waals surface area contributed by atoms with E-state index in [1.165, 1.54) is 32.4 Å². The maximum atomic E-state index is 5.60. The van der Waals surface area contributed by atoms with E-state index in [4.69, 9.17) is 5.84 Å². The minimum absolute atomic E-state index is 0.108. The van der Waals surface area contributed by atoms with Crippen molar-refractivity contribution in [3.8, 4) is 0 Å². The molecule has 1 aliphatic rings. The molecule has 0 saturated carbocycles. The number of hydrogen-bond donors (Lipinski definition) is 2. The zero-order valence-electron chi connectivity index (χ0n) is 10.1. The van der Waals surface area contributed by atoms with Crippen LogP contribution in [0, 0.1) is 0 Å². The Hall–Kier alpha value is -0.380. The molecule has 1 aliphatic heterocycles. The molecular weight excluding hydrogens is 186 g/mol. The number of nitrogens with zero attached hydrogens (tertiary/aromatic N) is 1. The third kappa shape index (κ3) is 2.60. The van der Waals surface area contributed by atoms with E-state index >= 15 is 0 Å². The Bertz CT molecular complexity index is 199. The van der Waals surface area contributed by atoms with Gasteiger partial charge in [0.1, 0.15) is 0 Å². The SMILES string of the molecule is C=CC(NN)C(C)(CC)N1CCCCC1. The molecule has 0 amide bonds. The van der Waals surface area contributed by atoms with Gasteiger partial charge in [0.2, 0.25) is 0 Å². The van der Waals surface area contributed by atoms with E-state index in [2.05, 4.69) is 30.8 Å². The van der Waals surface area contributed by atoms with Gasteiger partial charge >= 0.3 is 0 Å². The van der Waals surface area contributed by atoms with Gasteiger partial charge in [-0.25, -0.2) is 0 Å². The van der Waals surface area contributed by atoms with Gasteiger partial charge in [-0.1, -0.05) is 19.4 Å². The van der Waals surface area contributed by atoms with Gasteiger partial charge in [0, 0.05) is 5.54 Å². The predicted octanol–water partition coefficient (Wildman–Crippen LogP) is 1.66. The monoisotopic (exact) mass is 211 g/mol. The topological polar surface area (TPSA) is 41.3 Å². The first kappa shape index (κ1) is 12.7. The highest BCUT2D eigenvalue weighted by Gasteiger charge is 2.36. The molecule has 0 aliphatic carbocycles. The number of nitrogens with two attached hydrogens (primary N) is 1. The molecule has 3 heteroatoms. The quantitative estimate of drug-likeness (QED) is 0.413. The third-order valence-corrected chi connectivity index (χ3v) is 3.88. The van der Waals surface area contributed by atoms with Crippen molar-refractivity contribution in [2.24, 2.45) is 5.84 Å². The summed E-state index contributed by atoms with van der Waals surface area (Å²) >= 11 is 0. The summed E-state index contributed by atoms with van der Waals surface area (Å²) in [6.45, 7) is 10.8. The minimum atomic E-state index is 0.108. The predicted molar refractivity (Wildman–Crippen MR) is 65.4 cm³/mol. The second-order valence-corrected chi connectivity index (χ2v) is 4.64. The van der Waals surface area contributed by atoms with Crippen molar-refractivity contribution in [2.75, 3.05) is 13.1 Å². The smallest absolute Gasteiger partial charge is 0.0569 e. The zero-order chi connectivity index (χ0) is 11.3. The Labute approximate surface area is 93.7 Å². The van der Waals surface area contributed by atoms with E-state index in [9.17, 15) is 0 Å². The van der Waals surface area contributed by atoms with Gasteiger partial charge in [-0.05, 0) is 39.3 Å². The van der Waals surface area contributed by atoms with Crippen LogP contribution in [0.3, 0.4) is 0 Å². The average molecular weight is 211 g/mol. The molecule has 2 atom stereocenters. The van der Waals surface area contributed by atoms with Crippen molar-refractivity contribution in [1.82, 2.24) is 10.3 Å². The largest absolute Gasteiger partial charge is 0.296 e. The molecule has 3 nitrogen and oxygen atoms in total. The number of rotatable bonds is 5. The van der Waals surface area contributed by atoms with Crippen LogP contribution in [0.25, 0.3) is 0 Å². The van der Waals surface area contributed by atoms with Gasteiger partial charge in [-0.3, -0.25) is 16.2 Å². The van der Waals surface area contributed by atoms with Crippen LogP contribution in [0.15, 0.2) is 12.7 Å². The Morgan fingerprint density at radius 2 is 2.07 bits per heavy atom. The van der Waals surface area contributed by atoms with Crippen LogP contribution >= 0.6 is 0 Å². The summed E-state index contributed by atoms with van der Waals surface area (Å²) in [6.07, 6.45) is 7.01. The zero-order valence-corrected chi connectivity index (χ0v) is 10.1. The molecule has 0 bridgehead atoms. The third-order valence-electron chi connectivity index (χ3n) is 3.88. The number of hydrogen-bond acceptors (Lipinski definition) is 3. The maximum Gasteiger partial charge on any atom is 0.0569 e. The molecule has 0 spiro atoms. The summed E-state index contributed by atoms with van der Waals surface area (Å²) in [5.41, 5.74) is 2.99. The van der Waals surface area contributed by atoms with Crippen LogP contribution in [-0.4, -0.2) is 29.6 Å². The van der Waals surface area contributed by atoms with Gasteiger partial charge in [0.05, 0.1) is 6.04 Å². The van der Waals surface area contributed by atoms with Gasteiger partial charge in [0.15, 0.2) is 0 Å². The average Bonchev–Trinajstić information content (AvgIpc) is 2.31. The first-order valence-corrected chi connectivity index (χ1v) is 6.02. The molecule has 0 aromatic carbocycles. The number of piperidine rings is 1. The molecule has 1 saturated heterocycles. The molecular formula is C12H25N3. The lowest BCUT2D eigenvalue weighted by Crippen LogP contribution is -2.61. The molecule has 0 aromatic heterocycles. The van der Waals surface area contributed by atoms with E-state index in [1.54, 1.807) is 0 Å². The summed E-state index contributed by atoms with van der Waals surface area (Å²) in [6, 6.07) is 0.167. The lowest BCUT2D eigenvalue weighted by molar-refractivity contribution is 0.0566. The van der Waals surface area contributed by atoms with Crippen LogP contribution in [0.2, 0.25) is 0 Å². The summed E-state index contributed by atoms with van der Waals surface area (Å²) < 4.78 is 0. The van der Waals surface area contributed by atoms with Crippen LogP contribution in [0.4, 0.5) is 0 Å². The van der Waals surface area contributed by atoms with Gasteiger partial charge in [-0.2, -0.15) is 0 Å². The fraction of sp³-hybridized carbons (Fsp3) is 0.833. The van der Waals surface area contributed by atoms with E-state index in [0.29, 0.717) is 0 Å². The molecule has 1 heterocycles. The van der Waals surface area contributed by atoms with Crippen molar-refractivity contribution in [3.05, 3.63) is 12.7 Å². The Kier molecular flexibility index (Phi) is 4.77. The summed E-state index contributed by atoms with van der Waals surface area (Å²) in [4.78, 5) is 2.56. The Morgan fingerprint density at radius 3 is 2.47 bits per heavy atom. The first-order chi connectivity index (χ1) is 7.19. The normalized spacial score (nSPS) is 24.5. The minimum Gasteiger partial charge on any atom is -0.296 e. The summed E-state index contributed by atoms with van der Waals surface area (Å²) in [5, 5.41) is 0. The van der Waals surface area contributed by atoms with Crippen LogP contribution in [-0.2, 0) is 0 Å². The number of nitrogens with one attached hydrogen (secondary N) is 1. The molecule has 0 aromatic rings. The van der Waals surface area contributed by atoms with Crippen molar-refractivity contribution in [1.29, 1.82) is 0 Å². The Morgan fingerprint density at radius 1 is 1.47 bits per heavy atom. The van der Waals surface area contributed by atoms with Gasteiger partial charge < -0.3 is 0 Å². The first-order valence-electron chi connectivity index (χ1n) is 6.02. The van der Waals surface area contributed by atoms with Crippen molar-refractivity contribution < 1.29 is 0 Å². The van der Waals surface area contributed by atoms with Crippen LogP contribution in [0.5, 0.6) is 0 Å². The Balaban J connectivity index is 2.76. The molecule has 0 radical (unpaired) electrons. The number of hydrazine groups is 1. The molecule has 2 unspecified atom stereocenters. The molecule has 1 rings (SSSR count). The summed E-state index contributed by atoms with van der Waals surface area (Å²) in [5.74, 6) is 5.60. The molecule has 15 heavy (non-hydrogen) atoms. The van der Waals surface area contributed by atoms with E-state index < -0.39 is 0 Å². The molecule has 3 N–H and O–H groups in total. The second kappa shape index (κ2) is 5.64. The molecule has 1 fully saturated rings. The van der Waals surface area contributed by atoms with Gasteiger partial charge in [0.25, 0.3) is 0 Å². The van der Waals surface area contributed by atoms with Gasteiger partial charge in [-0.15, -0.1) is 6.58 Å². The standard InChI is InChI=1S/C12H25N3/c1-4-11(14-13)12(3,5-2)15-9-7-6-8-10-15/h4,11,14H,1,5-10,13H2,2-3H3. The highest BCUT2D eigenvalue weighted by molar-refractivity contribution is 5.04. The van der Waals surface area contributed by atoms with Crippen molar-refractivity contribution in [3.63, 3.8) is 0 Å². The highest BCUT2D eigenvalue weighted by Crippen LogP contribution is 2.27. The summed E-state index contributed by atoms with van der Waals surface area (Å²) in [7, 11) is 0. The second-order valence-electron chi connectivity index (χ2n) is 4.64. The lowest BCUT2D eigenvalue weighted by atomic mass is 9.86. The highest BCUT2D eigenvalue weighted by atomic mass is 15.3. The lowest BCUT2D eigenvalue weighted by Gasteiger charge is -2.46. The van der Waals surface area contributed by atoms with Crippen LogP contribution < -0.4 is 11.3 Å². The van der Waals surface area contributed by atoms with Crippen molar-refractivity contribution in [2.45, 2.75) is 51.1 Å². The molecule has 88 valence electrons. The number of likely N-dealkylation sites (tertiary alicyclic amines) is 1. The fourth-order valence-electron chi connectivity index (χ4n) is 2.55. The maximum absolute atomic E-state index is 5.60. The van der Waals surface area contributed by atoms with E-state index in [1.807, 2.05) is 6.08 Å². The fourth-order valence-corrected chi connectivity index (χ4v) is 2.55.